The second-order valence-corrected chi connectivity index (χ2v) is 9.47. The van der Waals surface area contributed by atoms with Crippen molar-refractivity contribution in [2.45, 2.75) is 39.0 Å². The van der Waals surface area contributed by atoms with Crippen LogP contribution in [0.1, 0.15) is 53.8 Å². The molecule has 1 N–H and O–H groups in total. The Bertz CT molecular complexity index is 963. The fraction of sp³-hybridized carbons (Fsp3) is 0.611. The van der Waals surface area contributed by atoms with Gasteiger partial charge in [0.05, 0.1) is 22.4 Å². The maximum atomic E-state index is 12.8. The van der Waals surface area contributed by atoms with Crippen molar-refractivity contribution in [1.82, 2.24) is 24.4 Å². The van der Waals surface area contributed by atoms with Crippen LogP contribution >= 0.6 is 0 Å². The first kappa shape index (κ1) is 19.8. The van der Waals surface area contributed by atoms with Gasteiger partial charge in [0.2, 0.25) is 10.0 Å². The van der Waals surface area contributed by atoms with E-state index in [4.69, 9.17) is 4.98 Å². The van der Waals surface area contributed by atoms with Crippen LogP contribution in [0, 0.1) is 6.92 Å². The molecule has 0 radical (unpaired) electrons. The lowest BCUT2D eigenvalue weighted by molar-refractivity contribution is 0.0954. The molecule has 0 unspecified atom stereocenters. The maximum Gasteiger partial charge on any atom is 0.252 e. The van der Waals surface area contributed by atoms with E-state index in [0.717, 1.165) is 35.3 Å². The molecule has 1 saturated carbocycles. The molecule has 0 spiro atoms. The summed E-state index contributed by atoms with van der Waals surface area (Å²) in [5, 5.41) is 8.11. The molecule has 1 amide bonds. The predicted molar refractivity (Wildman–Crippen MR) is 104 cm³/mol. The Balaban J connectivity index is 1.72. The molecule has 0 atom stereocenters. The second kappa shape index (κ2) is 7.55. The molecule has 2 aromatic heterocycles. The molecule has 2 heterocycles. The third-order valence-electron chi connectivity index (χ3n) is 5.00. The average Bonchev–Trinajstić information content (AvgIpc) is 3.44. The number of sulfonamides is 1. The zero-order valence-electron chi connectivity index (χ0n) is 16.3. The number of fused-ring (bicyclic) bond motifs is 1. The molecule has 8 nitrogen and oxygen atoms in total. The molecule has 2 aromatic rings. The molecule has 1 fully saturated rings. The molecule has 0 bridgehead atoms. The number of aromatic nitrogens is 3. The van der Waals surface area contributed by atoms with Crippen LogP contribution in [0.4, 0.5) is 0 Å². The van der Waals surface area contributed by atoms with Gasteiger partial charge in [-0.3, -0.25) is 9.48 Å². The molecule has 0 aliphatic heterocycles. The van der Waals surface area contributed by atoms with Crippen molar-refractivity contribution >= 4 is 27.0 Å². The van der Waals surface area contributed by atoms with Crippen molar-refractivity contribution < 1.29 is 13.2 Å². The van der Waals surface area contributed by atoms with E-state index in [0.29, 0.717) is 31.0 Å². The Labute approximate surface area is 160 Å². The molecule has 9 heteroatoms. The highest BCUT2D eigenvalue weighted by Crippen LogP contribution is 2.40. The van der Waals surface area contributed by atoms with Gasteiger partial charge in [0.25, 0.3) is 5.91 Å². The lowest BCUT2D eigenvalue weighted by atomic mass is 10.1. The Hall–Kier alpha value is -2.00. The van der Waals surface area contributed by atoms with Crippen molar-refractivity contribution in [2.24, 2.45) is 7.05 Å². The molecule has 148 valence electrons. The number of carbonyl (C=O) groups excluding carboxylic acids is 1. The topological polar surface area (TPSA) is 97.2 Å². The summed E-state index contributed by atoms with van der Waals surface area (Å²) in [6.45, 7) is 4.28. The van der Waals surface area contributed by atoms with E-state index in [1.165, 1.54) is 4.31 Å². The van der Waals surface area contributed by atoms with Crippen molar-refractivity contribution in [1.29, 1.82) is 0 Å². The van der Waals surface area contributed by atoms with Gasteiger partial charge in [0, 0.05) is 38.8 Å². The van der Waals surface area contributed by atoms with E-state index in [-0.39, 0.29) is 11.7 Å². The van der Waals surface area contributed by atoms with E-state index < -0.39 is 10.0 Å². The monoisotopic (exact) mass is 393 g/mol. The van der Waals surface area contributed by atoms with Gasteiger partial charge >= 0.3 is 0 Å². The summed E-state index contributed by atoms with van der Waals surface area (Å²) in [5.41, 5.74) is 3.06. The summed E-state index contributed by atoms with van der Waals surface area (Å²) in [7, 11) is 0.212. The summed E-state index contributed by atoms with van der Waals surface area (Å²) < 4.78 is 26.6. The minimum absolute atomic E-state index is 0.0785. The number of hydrogen-bond donors (Lipinski definition) is 1. The highest BCUT2D eigenvalue weighted by atomic mass is 32.2. The van der Waals surface area contributed by atoms with Crippen LogP contribution in [0.15, 0.2) is 6.07 Å². The highest BCUT2D eigenvalue weighted by Gasteiger charge is 2.28. The number of rotatable bonds is 8. The van der Waals surface area contributed by atoms with Gasteiger partial charge in [-0.15, -0.1) is 0 Å². The number of pyridine rings is 1. The quantitative estimate of drug-likeness (QED) is 0.687. The van der Waals surface area contributed by atoms with E-state index in [9.17, 15) is 13.2 Å². The summed E-state index contributed by atoms with van der Waals surface area (Å²) >= 11 is 0. The summed E-state index contributed by atoms with van der Waals surface area (Å²) in [4.78, 5) is 17.5. The van der Waals surface area contributed by atoms with E-state index >= 15 is 0 Å². The van der Waals surface area contributed by atoms with Crippen LogP contribution in [0.25, 0.3) is 11.0 Å². The molecular formula is C18H27N5O3S. The van der Waals surface area contributed by atoms with E-state index in [1.807, 2.05) is 20.0 Å². The van der Waals surface area contributed by atoms with Crippen molar-refractivity contribution in [3.63, 3.8) is 0 Å². The van der Waals surface area contributed by atoms with Crippen molar-refractivity contribution in [3.8, 4) is 0 Å². The normalized spacial score (nSPS) is 14.9. The van der Waals surface area contributed by atoms with Gasteiger partial charge in [0.15, 0.2) is 5.65 Å². The van der Waals surface area contributed by atoms with E-state index in [1.54, 1.807) is 18.7 Å². The molecule has 0 saturated heterocycles. The lowest BCUT2D eigenvalue weighted by Gasteiger charge is -2.16. The van der Waals surface area contributed by atoms with Gasteiger partial charge in [-0.25, -0.2) is 17.7 Å². The van der Waals surface area contributed by atoms with Gasteiger partial charge in [-0.2, -0.15) is 5.10 Å². The number of hydrogen-bond acceptors (Lipinski definition) is 5. The molecule has 3 rings (SSSR count). The smallest absolute Gasteiger partial charge is 0.252 e. The minimum Gasteiger partial charge on any atom is -0.352 e. The Morgan fingerprint density at radius 2 is 2.11 bits per heavy atom. The van der Waals surface area contributed by atoms with Crippen LogP contribution in [0.5, 0.6) is 0 Å². The zero-order chi connectivity index (χ0) is 19.8. The number of amides is 1. The third-order valence-corrected chi connectivity index (χ3v) is 6.87. The van der Waals surface area contributed by atoms with Crippen LogP contribution in [0.2, 0.25) is 0 Å². The molecular weight excluding hydrogens is 366 g/mol. The first-order valence-electron chi connectivity index (χ1n) is 9.31. The minimum atomic E-state index is -3.19. The van der Waals surface area contributed by atoms with Gasteiger partial charge in [-0.05, 0) is 39.2 Å². The molecule has 0 aromatic carbocycles. The summed E-state index contributed by atoms with van der Waals surface area (Å²) in [6.07, 6.45) is 2.76. The number of nitrogens with zero attached hydrogens (tertiary/aromatic N) is 4. The highest BCUT2D eigenvalue weighted by molar-refractivity contribution is 7.89. The summed E-state index contributed by atoms with van der Waals surface area (Å²) in [5.74, 6) is 0.347. The summed E-state index contributed by atoms with van der Waals surface area (Å²) in [6, 6.07) is 1.89. The maximum absolute atomic E-state index is 12.8. The van der Waals surface area contributed by atoms with Gasteiger partial charge in [0.1, 0.15) is 0 Å². The molecule has 1 aliphatic carbocycles. The SMILES string of the molecule is CCS(=O)(=O)N(C)CCCNC(=O)c1cc(C2CC2)nc2c1c(C)nn2C. The standard InChI is InChI=1S/C18H27N5O3S/c1-5-27(25,26)22(3)10-6-9-19-18(24)14-11-15(13-7-8-13)20-17-16(14)12(2)21-23(17)4/h11,13H,5-10H2,1-4H3,(H,19,24). The fourth-order valence-electron chi connectivity index (χ4n) is 3.19. The van der Waals surface area contributed by atoms with Gasteiger partial charge in [-0.1, -0.05) is 0 Å². The average molecular weight is 394 g/mol. The van der Waals surface area contributed by atoms with Crippen molar-refractivity contribution in [3.05, 3.63) is 23.0 Å². The van der Waals surface area contributed by atoms with Gasteiger partial charge < -0.3 is 5.32 Å². The number of nitrogens with one attached hydrogen (secondary N) is 1. The zero-order valence-corrected chi connectivity index (χ0v) is 17.1. The second-order valence-electron chi connectivity index (χ2n) is 7.11. The van der Waals surface area contributed by atoms with Crippen LogP contribution in [-0.2, 0) is 17.1 Å². The first-order valence-corrected chi connectivity index (χ1v) is 10.9. The predicted octanol–water partition coefficient (Wildman–Crippen LogP) is 1.56. The first-order chi connectivity index (χ1) is 12.7. The molecule has 27 heavy (non-hydrogen) atoms. The van der Waals surface area contributed by atoms with Crippen LogP contribution in [0.3, 0.4) is 0 Å². The lowest BCUT2D eigenvalue weighted by Crippen LogP contribution is -2.32. The Morgan fingerprint density at radius 1 is 1.41 bits per heavy atom. The fourth-order valence-corrected chi connectivity index (χ4v) is 4.04. The Kier molecular flexibility index (Phi) is 5.53. The molecule has 1 aliphatic rings. The van der Waals surface area contributed by atoms with Crippen LogP contribution in [-0.4, -0.2) is 59.3 Å². The number of aryl methyl sites for hydroxylation is 2. The number of carbonyl (C=O) groups is 1. The van der Waals surface area contributed by atoms with Crippen molar-refractivity contribution in [2.75, 3.05) is 25.9 Å². The largest absolute Gasteiger partial charge is 0.352 e. The van der Waals surface area contributed by atoms with E-state index in [2.05, 4.69) is 10.4 Å². The third kappa shape index (κ3) is 4.14. The Morgan fingerprint density at radius 3 is 2.74 bits per heavy atom. The van der Waals surface area contributed by atoms with Crippen LogP contribution < -0.4 is 5.32 Å².